The monoisotopic (exact) mass is 293 g/mol. The van der Waals surface area contributed by atoms with Gasteiger partial charge in [-0.1, -0.05) is 31.5 Å². The molecular weight excluding hydrogens is 274 g/mol. The van der Waals surface area contributed by atoms with Crippen LogP contribution in [-0.2, 0) is 14.6 Å². The summed E-state index contributed by atoms with van der Waals surface area (Å²) in [5.41, 5.74) is 1.83. The maximum absolute atomic E-state index is 12.4. The molecule has 1 aromatic rings. The van der Waals surface area contributed by atoms with Crippen molar-refractivity contribution < 1.29 is 13.2 Å². The molecule has 0 saturated heterocycles. The van der Waals surface area contributed by atoms with Crippen molar-refractivity contribution in [3.63, 3.8) is 0 Å². The fourth-order valence-corrected chi connectivity index (χ4v) is 3.45. The first-order valence-electron chi connectivity index (χ1n) is 6.61. The van der Waals surface area contributed by atoms with Gasteiger partial charge in [-0.2, -0.15) is 0 Å². The topological polar surface area (TPSA) is 54.5 Å². The second-order valence-corrected chi connectivity index (χ2v) is 7.36. The van der Waals surface area contributed by atoms with Crippen LogP contribution in [0.4, 0.5) is 5.69 Å². The summed E-state index contributed by atoms with van der Waals surface area (Å²) in [5, 5.41) is 1.20. The lowest BCUT2D eigenvalue weighted by molar-refractivity contribution is -0.121. The van der Waals surface area contributed by atoms with Gasteiger partial charge in [-0.25, -0.2) is 8.42 Å². The molecule has 0 aliphatic carbocycles. The number of hydrogen-bond donors (Lipinski definition) is 0. The Morgan fingerprint density at radius 1 is 1.25 bits per heavy atom. The molecule has 0 aromatic heterocycles. The molecule has 1 aliphatic rings. The summed E-state index contributed by atoms with van der Waals surface area (Å²) in [6, 6.07) is 7.13. The van der Waals surface area contributed by atoms with Crippen LogP contribution < -0.4 is 4.90 Å². The number of anilines is 1. The zero-order chi connectivity index (χ0) is 14.9. The molecule has 1 heterocycles. The van der Waals surface area contributed by atoms with Crippen molar-refractivity contribution in [1.29, 1.82) is 0 Å². The van der Waals surface area contributed by atoms with Crippen molar-refractivity contribution in [3.8, 4) is 0 Å². The molecule has 0 bridgehead atoms. The fourth-order valence-electron chi connectivity index (χ4n) is 2.19. The average molecular weight is 293 g/mol. The van der Waals surface area contributed by atoms with E-state index in [9.17, 15) is 13.2 Å². The minimum absolute atomic E-state index is 0.0423. The number of sulfone groups is 1. The highest BCUT2D eigenvalue weighted by molar-refractivity contribution is 7.94. The van der Waals surface area contributed by atoms with Gasteiger partial charge in [-0.15, -0.1) is 0 Å². The van der Waals surface area contributed by atoms with Crippen molar-refractivity contribution in [2.24, 2.45) is 5.92 Å². The first kappa shape index (κ1) is 14.8. The number of aryl methyl sites for hydroxylation is 1. The van der Waals surface area contributed by atoms with Crippen LogP contribution in [0.25, 0.3) is 0 Å². The molecule has 0 saturated carbocycles. The Labute approximate surface area is 120 Å². The Morgan fingerprint density at radius 2 is 1.85 bits per heavy atom. The van der Waals surface area contributed by atoms with Crippen LogP contribution in [0.3, 0.4) is 0 Å². The van der Waals surface area contributed by atoms with Gasteiger partial charge >= 0.3 is 0 Å². The lowest BCUT2D eigenvalue weighted by atomic mass is 10.1. The van der Waals surface area contributed by atoms with E-state index in [4.69, 9.17) is 0 Å². The Balaban J connectivity index is 2.38. The Bertz CT molecular complexity index is 630. The fraction of sp³-hybridized carbons (Fsp3) is 0.400. The largest absolute Gasteiger partial charge is 0.304 e. The first-order chi connectivity index (χ1) is 9.30. The Kier molecular flexibility index (Phi) is 3.99. The number of amides is 1. The van der Waals surface area contributed by atoms with Crippen molar-refractivity contribution >= 4 is 21.4 Å². The quantitative estimate of drug-likeness (QED) is 0.859. The average Bonchev–Trinajstić information content (AvgIpc) is 2.72. The van der Waals surface area contributed by atoms with E-state index in [1.807, 2.05) is 45.0 Å². The summed E-state index contributed by atoms with van der Waals surface area (Å²) in [6.45, 7) is 5.60. The first-order valence-corrected chi connectivity index (χ1v) is 8.32. The molecule has 4 nitrogen and oxygen atoms in total. The summed E-state index contributed by atoms with van der Waals surface area (Å²) in [4.78, 5) is 14.0. The number of benzene rings is 1. The molecule has 0 radical (unpaired) electrons. The number of nitrogens with zero attached hydrogens (tertiary/aromatic N) is 1. The number of rotatable bonds is 3. The molecule has 1 atom stereocenters. The molecule has 108 valence electrons. The maximum atomic E-state index is 12.4. The van der Waals surface area contributed by atoms with Crippen molar-refractivity contribution in [3.05, 3.63) is 41.3 Å². The second kappa shape index (κ2) is 5.40. The number of carbonyl (C=O) groups excluding carboxylic acids is 1. The molecular formula is C15H19NO3S. The third-order valence-corrected chi connectivity index (χ3v) is 4.66. The lowest BCUT2D eigenvalue weighted by Gasteiger charge is -2.29. The van der Waals surface area contributed by atoms with Gasteiger partial charge in [-0.3, -0.25) is 4.79 Å². The minimum atomic E-state index is -3.19. The van der Waals surface area contributed by atoms with Crippen LogP contribution in [-0.4, -0.2) is 26.1 Å². The molecule has 1 unspecified atom stereocenters. The van der Waals surface area contributed by atoms with Gasteiger partial charge in [0.05, 0.1) is 11.8 Å². The van der Waals surface area contributed by atoms with E-state index in [0.717, 1.165) is 11.3 Å². The molecule has 1 aliphatic heterocycles. The highest BCUT2D eigenvalue weighted by atomic mass is 32.2. The van der Waals surface area contributed by atoms with Crippen LogP contribution in [0.15, 0.2) is 35.7 Å². The van der Waals surface area contributed by atoms with Gasteiger partial charge in [0.25, 0.3) is 0 Å². The Hall–Kier alpha value is -1.62. The molecule has 20 heavy (non-hydrogen) atoms. The SMILES string of the molecule is Cc1ccc(N(C(=O)C(C)C)C2C=CS(=O)(=O)C2)cc1. The zero-order valence-corrected chi connectivity index (χ0v) is 12.7. The van der Waals surface area contributed by atoms with Gasteiger partial charge in [0.15, 0.2) is 9.84 Å². The third kappa shape index (κ3) is 3.10. The third-order valence-electron chi connectivity index (χ3n) is 3.29. The van der Waals surface area contributed by atoms with Crippen LogP contribution in [0, 0.1) is 12.8 Å². The normalized spacial score (nSPS) is 20.3. The van der Waals surface area contributed by atoms with E-state index in [0.29, 0.717) is 0 Å². The molecule has 2 rings (SSSR count). The van der Waals surface area contributed by atoms with E-state index in [1.54, 1.807) is 11.0 Å². The van der Waals surface area contributed by atoms with Gasteiger partial charge in [-0.05, 0) is 25.1 Å². The van der Waals surface area contributed by atoms with E-state index >= 15 is 0 Å². The maximum Gasteiger partial charge on any atom is 0.230 e. The molecule has 5 heteroatoms. The predicted octanol–water partition coefficient (Wildman–Crippen LogP) is 2.29. The van der Waals surface area contributed by atoms with E-state index in [2.05, 4.69) is 0 Å². The van der Waals surface area contributed by atoms with E-state index < -0.39 is 15.9 Å². The second-order valence-electron chi connectivity index (χ2n) is 5.42. The zero-order valence-electron chi connectivity index (χ0n) is 11.9. The molecule has 1 amide bonds. The van der Waals surface area contributed by atoms with Gasteiger partial charge in [0.1, 0.15) is 0 Å². The van der Waals surface area contributed by atoms with Crippen LogP contribution in [0.2, 0.25) is 0 Å². The van der Waals surface area contributed by atoms with Gasteiger partial charge < -0.3 is 4.90 Å². The van der Waals surface area contributed by atoms with Crippen LogP contribution in [0.1, 0.15) is 19.4 Å². The summed E-state index contributed by atoms with van der Waals surface area (Å²) < 4.78 is 23.2. The van der Waals surface area contributed by atoms with Crippen molar-refractivity contribution in [2.75, 3.05) is 10.7 Å². The number of carbonyl (C=O) groups is 1. The summed E-state index contributed by atoms with van der Waals surface area (Å²) in [7, 11) is -3.19. The molecule has 0 N–H and O–H groups in total. The number of hydrogen-bond acceptors (Lipinski definition) is 3. The van der Waals surface area contributed by atoms with E-state index in [1.165, 1.54) is 5.41 Å². The minimum Gasteiger partial charge on any atom is -0.304 e. The van der Waals surface area contributed by atoms with Crippen molar-refractivity contribution in [2.45, 2.75) is 26.8 Å². The Morgan fingerprint density at radius 3 is 2.30 bits per heavy atom. The van der Waals surface area contributed by atoms with Gasteiger partial charge in [0, 0.05) is 17.0 Å². The van der Waals surface area contributed by atoms with Crippen LogP contribution >= 0.6 is 0 Å². The standard InChI is InChI=1S/C15H19NO3S/c1-11(2)15(17)16(13-6-4-12(3)5-7-13)14-8-9-20(18,19)10-14/h4-9,11,14H,10H2,1-3H3. The van der Waals surface area contributed by atoms with Crippen LogP contribution in [0.5, 0.6) is 0 Å². The predicted molar refractivity (Wildman–Crippen MR) is 80.2 cm³/mol. The summed E-state index contributed by atoms with van der Waals surface area (Å²) in [6.07, 6.45) is 1.59. The van der Waals surface area contributed by atoms with Gasteiger partial charge in [0.2, 0.25) is 5.91 Å². The molecule has 0 fully saturated rings. The lowest BCUT2D eigenvalue weighted by Crippen LogP contribution is -2.43. The highest BCUT2D eigenvalue weighted by Gasteiger charge is 2.32. The highest BCUT2D eigenvalue weighted by Crippen LogP contribution is 2.25. The van der Waals surface area contributed by atoms with E-state index in [-0.39, 0.29) is 17.6 Å². The van der Waals surface area contributed by atoms with Crippen molar-refractivity contribution in [1.82, 2.24) is 0 Å². The smallest absolute Gasteiger partial charge is 0.230 e. The summed E-state index contributed by atoms with van der Waals surface area (Å²) >= 11 is 0. The molecule has 0 spiro atoms. The summed E-state index contributed by atoms with van der Waals surface area (Å²) in [5.74, 6) is -0.298. The molecule has 1 aromatic carbocycles.